The number of thiocarbonyl (C=S) groups is 1. The molecule has 1 heterocycles. The molecule has 1 aliphatic rings. The van der Waals surface area contributed by atoms with Crippen molar-refractivity contribution in [3.05, 3.63) is 69.1 Å². The second-order valence-corrected chi connectivity index (χ2v) is 8.06. The van der Waals surface area contributed by atoms with E-state index in [4.69, 9.17) is 12.2 Å². The highest BCUT2D eigenvalue weighted by atomic mass is 32.2. The second kappa shape index (κ2) is 9.51. The average molecular weight is 444 g/mol. The number of anilines is 1. The van der Waals surface area contributed by atoms with E-state index in [2.05, 4.69) is 5.32 Å². The van der Waals surface area contributed by atoms with E-state index in [1.807, 2.05) is 0 Å². The molecule has 2 aromatic carbocycles. The van der Waals surface area contributed by atoms with E-state index in [1.54, 1.807) is 30.3 Å². The molecule has 0 spiro atoms. The van der Waals surface area contributed by atoms with Crippen LogP contribution in [-0.2, 0) is 9.59 Å². The van der Waals surface area contributed by atoms with Crippen LogP contribution in [0.15, 0.2) is 53.4 Å². The maximum absolute atomic E-state index is 12.6. The highest BCUT2D eigenvalue weighted by Gasteiger charge is 2.31. The van der Waals surface area contributed by atoms with Gasteiger partial charge in [-0.15, -0.1) is 0 Å². The number of hydrogen-bond donors (Lipinski definition) is 2. The number of phenolic OH excluding ortho intramolecular Hbond substituents is 1. The second-order valence-electron chi connectivity index (χ2n) is 6.38. The number of hydrogen-bond acceptors (Lipinski definition) is 7. The predicted molar refractivity (Wildman–Crippen MR) is 119 cm³/mol. The molecule has 0 atom stereocenters. The predicted octanol–water partition coefficient (Wildman–Crippen LogP) is 3.92. The van der Waals surface area contributed by atoms with Crippen molar-refractivity contribution in [1.82, 2.24) is 4.90 Å². The minimum Gasteiger partial charge on any atom is -0.508 e. The van der Waals surface area contributed by atoms with Crippen LogP contribution in [0.2, 0.25) is 0 Å². The van der Waals surface area contributed by atoms with Crippen molar-refractivity contribution in [2.75, 3.05) is 11.9 Å². The lowest BCUT2D eigenvalue weighted by molar-refractivity contribution is -0.384. The summed E-state index contributed by atoms with van der Waals surface area (Å²) in [5.41, 5.74) is 1.10. The summed E-state index contributed by atoms with van der Waals surface area (Å²) in [6, 6.07) is 12.1. The smallest absolute Gasteiger partial charge is 0.269 e. The number of non-ortho nitro benzene ring substituents is 1. The molecule has 154 valence electrons. The number of carbonyl (C=O) groups excluding carboxylic acids is 2. The number of aromatic hydroxyl groups is 1. The van der Waals surface area contributed by atoms with Crippen molar-refractivity contribution in [2.24, 2.45) is 0 Å². The Bertz CT molecular complexity index is 1040. The fourth-order valence-electron chi connectivity index (χ4n) is 2.75. The third-order valence-electron chi connectivity index (χ3n) is 4.19. The lowest BCUT2D eigenvalue weighted by Gasteiger charge is -2.14. The zero-order valence-electron chi connectivity index (χ0n) is 15.6. The minimum atomic E-state index is -0.511. The van der Waals surface area contributed by atoms with Crippen LogP contribution in [0.1, 0.15) is 18.4 Å². The number of benzene rings is 2. The van der Waals surface area contributed by atoms with Crippen LogP contribution >= 0.6 is 24.0 Å². The summed E-state index contributed by atoms with van der Waals surface area (Å²) in [7, 11) is 0. The Morgan fingerprint density at radius 3 is 2.67 bits per heavy atom. The summed E-state index contributed by atoms with van der Waals surface area (Å²) in [4.78, 5) is 36.7. The summed E-state index contributed by atoms with van der Waals surface area (Å²) in [6.07, 6.45) is 2.24. The van der Waals surface area contributed by atoms with Crippen molar-refractivity contribution < 1.29 is 19.6 Å². The van der Waals surface area contributed by atoms with E-state index >= 15 is 0 Å². The lowest BCUT2D eigenvalue weighted by Crippen LogP contribution is -2.29. The molecule has 2 N–H and O–H groups in total. The lowest BCUT2D eigenvalue weighted by atomic mass is 10.2. The van der Waals surface area contributed by atoms with E-state index < -0.39 is 4.92 Å². The topological polar surface area (TPSA) is 113 Å². The van der Waals surface area contributed by atoms with Crippen LogP contribution < -0.4 is 5.32 Å². The van der Waals surface area contributed by atoms with Gasteiger partial charge in [0.25, 0.3) is 11.6 Å². The number of carbonyl (C=O) groups is 2. The SMILES string of the molecule is O=C(CCCN1C(=O)/C(=C/c2cccc(O)c2)SC1=S)Nc1ccc([N+](=O)[O-])cc1. The highest BCUT2D eigenvalue weighted by Crippen LogP contribution is 2.33. The van der Waals surface area contributed by atoms with Gasteiger partial charge < -0.3 is 10.4 Å². The number of phenols is 1. The molecule has 8 nitrogen and oxygen atoms in total. The monoisotopic (exact) mass is 443 g/mol. The van der Waals surface area contributed by atoms with Gasteiger partial charge in [-0.05, 0) is 42.3 Å². The van der Waals surface area contributed by atoms with Gasteiger partial charge in [0.2, 0.25) is 5.91 Å². The molecular formula is C20H17N3O5S2. The number of nitrogens with one attached hydrogen (secondary N) is 1. The Morgan fingerprint density at radius 1 is 1.27 bits per heavy atom. The molecule has 0 saturated carbocycles. The number of rotatable bonds is 7. The van der Waals surface area contributed by atoms with Crippen LogP contribution in [0, 0.1) is 10.1 Å². The van der Waals surface area contributed by atoms with Gasteiger partial charge in [0.05, 0.1) is 9.83 Å². The third kappa shape index (κ3) is 5.43. The quantitative estimate of drug-likeness (QED) is 0.289. The van der Waals surface area contributed by atoms with E-state index in [9.17, 15) is 24.8 Å². The first kappa shape index (κ1) is 21.5. The van der Waals surface area contributed by atoms with Gasteiger partial charge in [-0.3, -0.25) is 24.6 Å². The first-order valence-corrected chi connectivity index (χ1v) is 10.1. The van der Waals surface area contributed by atoms with Crippen molar-refractivity contribution in [3.8, 4) is 5.75 Å². The average Bonchev–Trinajstić information content (AvgIpc) is 2.95. The van der Waals surface area contributed by atoms with Crippen molar-refractivity contribution in [1.29, 1.82) is 0 Å². The molecule has 2 aromatic rings. The zero-order valence-corrected chi connectivity index (χ0v) is 17.2. The molecule has 2 amide bonds. The number of nitrogens with zero attached hydrogens (tertiary/aromatic N) is 2. The Balaban J connectivity index is 1.51. The molecule has 30 heavy (non-hydrogen) atoms. The molecule has 1 saturated heterocycles. The molecule has 1 fully saturated rings. The Kier molecular flexibility index (Phi) is 6.80. The van der Waals surface area contributed by atoms with Gasteiger partial charge in [-0.25, -0.2) is 0 Å². The van der Waals surface area contributed by atoms with E-state index in [0.717, 1.165) is 0 Å². The fourth-order valence-corrected chi connectivity index (χ4v) is 4.05. The normalized spacial score (nSPS) is 14.9. The van der Waals surface area contributed by atoms with Gasteiger partial charge >= 0.3 is 0 Å². The van der Waals surface area contributed by atoms with Crippen molar-refractivity contribution in [2.45, 2.75) is 12.8 Å². The van der Waals surface area contributed by atoms with E-state index in [0.29, 0.717) is 33.4 Å². The molecule has 0 aromatic heterocycles. The first-order chi connectivity index (χ1) is 14.3. The Labute approximate surface area is 181 Å². The van der Waals surface area contributed by atoms with Gasteiger partial charge in [0.1, 0.15) is 10.1 Å². The molecule has 10 heteroatoms. The van der Waals surface area contributed by atoms with E-state index in [-0.39, 0.29) is 29.7 Å². The van der Waals surface area contributed by atoms with Crippen LogP contribution in [0.3, 0.4) is 0 Å². The molecular weight excluding hydrogens is 426 g/mol. The molecule has 1 aliphatic heterocycles. The maximum atomic E-state index is 12.6. The third-order valence-corrected chi connectivity index (χ3v) is 5.57. The van der Waals surface area contributed by atoms with Gasteiger partial charge in [-0.2, -0.15) is 0 Å². The maximum Gasteiger partial charge on any atom is 0.269 e. The first-order valence-electron chi connectivity index (χ1n) is 8.92. The number of thioether (sulfide) groups is 1. The van der Waals surface area contributed by atoms with Crippen molar-refractivity contribution in [3.63, 3.8) is 0 Å². The molecule has 0 aliphatic carbocycles. The van der Waals surface area contributed by atoms with Crippen LogP contribution in [-0.4, -0.2) is 37.6 Å². The summed E-state index contributed by atoms with van der Waals surface area (Å²) in [5.74, 6) is -0.382. The van der Waals surface area contributed by atoms with Gasteiger partial charge in [-0.1, -0.05) is 36.1 Å². The number of amides is 2. The summed E-state index contributed by atoms with van der Waals surface area (Å²) >= 11 is 6.46. The Morgan fingerprint density at radius 2 is 2.00 bits per heavy atom. The van der Waals surface area contributed by atoms with E-state index in [1.165, 1.54) is 40.9 Å². The molecule has 0 radical (unpaired) electrons. The number of nitro benzene ring substituents is 1. The fraction of sp³-hybridized carbons (Fsp3) is 0.150. The zero-order chi connectivity index (χ0) is 21.7. The Hall–Kier alpha value is -3.24. The number of nitro groups is 1. The largest absolute Gasteiger partial charge is 0.508 e. The highest BCUT2D eigenvalue weighted by molar-refractivity contribution is 8.26. The summed E-state index contributed by atoms with van der Waals surface area (Å²) in [6.45, 7) is 0.301. The van der Waals surface area contributed by atoms with Crippen molar-refractivity contribution >= 4 is 57.6 Å². The minimum absolute atomic E-state index is 0.0545. The standard InChI is InChI=1S/C20H17N3O5S2/c24-16-4-1-3-13(11-16)12-17-19(26)22(20(29)30-17)10-2-5-18(25)21-14-6-8-15(9-7-14)23(27)28/h1,3-4,6-9,11-12,24H,2,5,10H2,(H,21,25)/b17-12-. The molecule has 3 rings (SSSR count). The summed E-state index contributed by atoms with van der Waals surface area (Å²) < 4.78 is 0.419. The van der Waals surface area contributed by atoms with Crippen LogP contribution in [0.5, 0.6) is 5.75 Å². The van der Waals surface area contributed by atoms with Crippen LogP contribution in [0.25, 0.3) is 6.08 Å². The summed E-state index contributed by atoms with van der Waals surface area (Å²) in [5, 5.41) is 22.9. The van der Waals surface area contributed by atoms with Gasteiger partial charge in [0, 0.05) is 30.8 Å². The van der Waals surface area contributed by atoms with Crippen LogP contribution in [0.4, 0.5) is 11.4 Å². The molecule has 0 bridgehead atoms. The molecule has 0 unspecified atom stereocenters. The van der Waals surface area contributed by atoms with Gasteiger partial charge in [0.15, 0.2) is 0 Å².